The summed E-state index contributed by atoms with van der Waals surface area (Å²) in [5.74, 6) is -1.08. The molecular formula is C17H19ClN2O3. The van der Waals surface area contributed by atoms with Crippen LogP contribution in [-0.4, -0.2) is 23.5 Å². The summed E-state index contributed by atoms with van der Waals surface area (Å²) >= 11 is 5.83. The molecule has 1 aromatic rings. The zero-order chi connectivity index (χ0) is 16.9. The quantitative estimate of drug-likeness (QED) is 0.857. The topological polar surface area (TPSA) is 79.2 Å². The lowest BCUT2D eigenvalue weighted by atomic mass is 9.83. The van der Waals surface area contributed by atoms with Gasteiger partial charge in [0.1, 0.15) is 5.54 Å². The molecule has 122 valence electrons. The second-order valence-corrected chi connectivity index (χ2v) is 6.24. The number of nitriles is 1. The molecule has 0 saturated heterocycles. The summed E-state index contributed by atoms with van der Waals surface area (Å²) in [6.45, 7) is 1.49. The minimum Gasteiger partial charge on any atom is -0.449 e. The Kier molecular flexibility index (Phi) is 5.62. The van der Waals surface area contributed by atoms with E-state index in [9.17, 15) is 14.9 Å². The summed E-state index contributed by atoms with van der Waals surface area (Å²) in [6, 6.07) is 8.53. The Morgan fingerprint density at radius 3 is 2.65 bits per heavy atom. The van der Waals surface area contributed by atoms with Crippen molar-refractivity contribution in [3.63, 3.8) is 0 Å². The van der Waals surface area contributed by atoms with Crippen LogP contribution < -0.4 is 5.32 Å². The fourth-order valence-electron chi connectivity index (χ4n) is 2.66. The SMILES string of the molecule is C[C@@H](OC(=O)c1cccc(Cl)c1)C(=O)NC1(C#N)CCCCC1. The summed E-state index contributed by atoms with van der Waals surface area (Å²) in [4.78, 5) is 24.3. The van der Waals surface area contributed by atoms with Crippen molar-refractivity contribution in [2.24, 2.45) is 0 Å². The first-order valence-corrected chi connectivity index (χ1v) is 8.03. The summed E-state index contributed by atoms with van der Waals surface area (Å²) in [7, 11) is 0. The van der Waals surface area contributed by atoms with Gasteiger partial charge in [0.05, 0.1) is 11.6 Å². The van der Waals surface area contributed by atoms with Gasteiger partial charge in [-0.1, -0.05) is 36.9 Å². The van der Waals surface area contributed by atoms with Gasteiger partial charge >= 0.3 is 5.97 Å². The monoisotopic (exact) mass is 334 g/mol. The van der Waals surface area contributed by atoms with Crippen LogP contribution in [0.15, 0.2) is 24.3 Å². The number of hydrogen-bond donors (Lipinski definition) is 1. The van der Waals surface area contributed by atoms with Crippen molar-refractivity contribution in [1.29, 1.82) is 5.26 Å². The van der Waals surface area contributed by atoms with E-state index in [1.165, 1.54) is 13.0 Å². The fraction of sp³-hybridized carbons (Fsp3) is 0.471. The van der Waals surface area contributed by atoms with E-state index in [-0.39, 0.29) is 5.56 Å². The van der Waals surface area contributed by atoms with Crippen LogP contribution in [0.3, 0.4) is 0 Å². The minimum absolute atomic E-state index is 0.282. The highest BCUT2D eigenvalue weighted by molar-refractivity contribution is 6.30. The first-order chi connectivity index (χ1) is 11.0. The van der Waals surface area contributed by atoms with Crippen molar-refractivity contribution < 1.29 is 14.3 Å². The Hall–Kier alpha value is -2.06. The van der Waals surface area contributed by atoms with Crippen LogP contribution >= 0.6 is 11.6 Å². The molecule has 0 bridgehead atoms. The third-order valence-corrected chi connectivity index (χ3v) is 4.23. The number of carbonyl (C=O) groups is 2. The number of ether oxygens (including phenoxy) is 1. The minimum atomic E-state index is -0.978. The first-order valence-electron chi connectivity index (χ1n) is 7.66. The molecule has 1 aliphatic rings. The second-order valence-electron chi connectivity index (χ2n) is 5.80. The Morgan fingerprint density at radius 1 is 1.35 bits per heavy atom. The third kappa shape index (κ3) is 4.46. The molecular weight excluding hydrogens is 316 g/mol. The highest BCUT2D eigenvalue weighted by Crippen LogP contribution is 2.27. The maximum Gasteiger partial charge on any atom is 0.338 e. The van der Waals surface area contributed by atoms with E-state index >= 15 is 0 Å². The highest BCUT2D eigenvalue weighted by atomic mass is 35.5. The van der Waals surface area contributed by atoms with Gasteiger partial charge in [0.2, 0.25) is 0 Å². The van der Waals surface area contributed by atoms with E-state index < -0.39 is 23.5 Å². The molecule has 0 aromatic heterocycles. The molecule has 5 nitrogen and oxygen atoms in total. The number of benzene rings is 1. The van der Waals surface area contributed by atoms with E-state index in [1.54, 1.807) is 18.2 Å². The molecule has 0 radical (unpaired) electrons. The number of amides is 1. The second kappa shape index (κ2) is 7.47. The molecule has 2 rings (SSSR count). The van der Waals surface area contributed by atoms with Gasteiger partial charge in [-0.15, -0.1) is 0 Å². The molecule has 1 aromatic carbocycles. The number of halogens is 1. The molecule has 0 spiro atoms. The average Bonchev–Trinajstić information content (AvgIpc) is 2.55. The maximum absolute atomic E-state index is 12.2. The van der Waals surface area contributed by atoms with Crippen LogP contribution in [0, 0.1) is 11.3 Å². The maximum atomic E-state index is 12.2. The van der Waals surface area contributed by atoms with E-state index in [4.69, 9.17) is 16.3 Å². The zero-order valence-electron chi connectivity index (χ0n) is 13.0. The molecule has 1 N–H and O–H groups in total. The zero-order valence-corrected chi connectivity index (χ0v) is 13.7. The molecule has 0 aliphatic heterocycles. The van der Waals surface area contributed by atoms with Crippen molar-refractivity contribution in [1.82, 2.24) is 5.32 Å². The van der Waals surface area contributed by atoms with Crippen molar-refractivity contribution in [2.75, 3.05) is 0 Å². The van der Waals surface area contributed by atoms with Crippen LogP contribution in [0.2, 0.25) is 5.02 Å². The van der Waals surface area contributed by atoms with E-state index in [0.717, 1.165) is 19.3 Å². The van der Waals surface area contributed by atoms with Gasteiger partial charge in [-0.3, -0.25) is 4.79 Å². The van der Waals surface area contributed by atoms with Gasteiger partial charge in [0, 0.05) is 5.02 Å². The van der Waals surface area contributed by atoms with E-state index in [2.05, 4.69) is 11.4 Å². The van der Waals surface area contributed by atoms with Gasteiger partial charge < -0.3 is 10.1 Å². The van der Waals surface area contributed by atoms with Crippen LogP contribution in [-0.2, 0) is 9.53 Å². The number of hydrogen-bond acceptors (Lipinski definition) is 4. The summed E-state index contributed by atoms with van der Waals surface area (Å²) in [6.07, 6.45) is 3.16. The van der Waals surface area contributed by atoms with Crippen LogP contribution in [0.5, 0.6) is 0 Å². The molecule has 0 unspecified atom stereocenters. The van der Waals surface area contributed by atoms with Gasteiger partial charge in [-0.25, -0.2) is 4.79 Å². The van der Waals surface area contributed by atoms with Crippen molar-refractivity contribution in [3.05, 3.63) is 34.9 Å². The predicted molar refractivity (Wildman–Crippen MR) is 85.9 cm³/mol. The predicted octanol–water partition coefficient (Wildman–Crippen LogP) is 3.23. The number of rotatable bonds is 4. The summed E-state index contributed by atoms with van der Waals surface area (Å²) in [5.41, 5.74) is -0.559. The molecule has 1 saturated carbocycles. The molecule has 1 fully saturated rings. The molecule has 1 amide bonds. The fourth-order valence-corrected chi connectivity index (χ4v) is 2.85. The van der Waals surface area contributed by atoms with Gasteiger partial charge in [-0.2, -0.15) is 5.26 Å². The lowest BCUT2D eigenvalue weighted by Gasteiger charge is -2.32. The average molecular weight is 335 g/mol. The molecule has 1 atom stereocenters. The Morgan fingerprint density at radius 2 is 2.04 bits per heavy atom. The van der Waals surface area contributed by atoms with Gasteiger partial charge in [0.25, 0.3) is 5.91 Å². The van der Waals surface area contributed by atoms with Crippen LogP contribution in [0.1, 0.15) is 49.4 Å². The summed E-state index contributed by atoms with van der Waals surface area (Å²) in [5, 5.41) is 12.5. The lowest BCUT2D eigenvalue weighted by Crippen LogP contribution is -2.52. The standard InChI is InChI=1S/C17H19ClN2O3/c1-12(23-16(22)13-6-5-7-14(18)10-13)15(21)20-17(11-19)8-3-2-4-9-17/h5-7,10,12H,2-4,8-9H2,1H3,(H,20,21)/t12-/m1/s1. The third-order valence-electron chi connectivity index (χ3n) is 4.00. The van der Waals surface area contributed by atoms with Crippen molar-refractivity contribution >= 4 is 23.5 Å². The number of nitrogens with one attached hydrogen (secondary N) is 1. The Balaban J connectivity index is 1.97. The normalized spacial score (nSPS) is 17.6. The molecule has 6 heteroatoms. The molecule has 1 aliphatic carbocycles. The van der Waals surface area contributed by atoms with Crippen molar-refractivity contribution in [3.8, 4) is 6.07 Å². The highest BCUT2D eigenvalue weighted by Gasteiger charge is 2.35. The Labute approximate surface area is 140 Å². The van der Waals surface area contributed by atoms with Crippen LogP contribution in [0.4, 0.5) is 0 Å². The van der Waals surface area contributed by atoms with Gasteiger partial charge in [-0.05, 0) is 38.0 Å². The molecule has 23 heavy (non-hydrogen) atoms. The lowest BCUT2D eigenvalue weighted by molar-refractivity contribution is -0.130. The first kappa shape index (κ1) is 17.3. The van der Waals surface area contributed by atoms with E-state index in [1.807, 2.05) is 0 Å². The number of nitrogens with zero attached hydrogens (tertiary/aromatic N) is 1. The van der Waals surface area contributed by atoms with E-state index in [0.29, 0.717) is 17.9 Å². The number of esters is 1. The number of carbonyl (C=O) groups excluding carboxylic acids is 2. The Bertz CT molecular complexity index is 633. The summed E-state index contributed by atoms with van der Waals surface area (Å²) < 4.78 is 5.17. The van der Waals surface area contributed by atoms with Gasteiger partial charge in [0.15, 0.2) is 6.10 Å². The smallest absolute Gasteiger partial charge is 0.338 e. The largest absolute Gasteiger partial charge is 0.449 e. The molecule has 0 heterocycles. The van der Waals surface area contributed by atoms with Crippen molar-refractivity contribution in [2.45, 2.75) is 50.7 Å². The van der Waals surface area contributed by atoms with Crippen LogP contribution in [0.25, 0.3) is 0 Å².